The number of hydrogen-bond donors (Lipinski definition) is 1. The van der Waals surface area contributed by atoms with Crippen LogP contribution in [0.25, 0.3) is 0 Å². The normalized spacial score (nSPS) is 22.1. The maximum absolute atomic E-state index is 13.6. The van der Waals surface area contributed by atoms with Crippen LogP contribution in [0.3, 0.4) is 0 Å². The fourth-order valence-electron chi connectivity index (χ4n) is 3.61. The second kappa shape index (κ2) is 13.4. The smallest absolute Gasteiger partial charge is 0.334 e. The first kappa shape index (κ1) is 24.3. The standard InChI is InChI=1S/C23H35FO4/c1-4-5-10-18(17(2)24)11-9-12-19-15-16-21(25)20(19)13-7-6-8-14-22(26)23(27)28-3/h6-7,9,12,18-20,22,26H,2,4-5,8,10-11,13-16H2,1,3H3/t18-,19-,20+,22?/m0/s1. The molecule has 1 unspecified atom stereocenters. The van der Waals surface area contributed by atoms with E-state index in [4.69, 9.17) is 0 Å². The molecule has 158 valence electrons. The highest BCUT2D eigenvalue weighted by Gasteiger charge is 2.31. The van der Waals surface area contributed by atoms with E-state index in [1.165, 1.54) is 7.11 Å². The second-order valence-electron chi connectivity index (χ2n) is 7.55. The molecule has 4 atom stereocenters. The third kappa shape index (κ3) is 8.51. The molecule has 28 heavy (non-hydrogen) atoms. The van der Waals surface area contributed by atoms with E-state index in [0.717, 1.165) is 25.7 Å². The van der Waals surface area contributed by atoms with E-state index < -0.39 is 12.1 Å². The van der Waals surface area contributed by atoms with E-state index in [1.54, 1.807) is 0 Å². The average Bonchev–Trinajstić information content (AvgIpc) is 3.02. The van der Waals surface area contributed by atoms with E-state index in [2.05, 4.69) is 24.3 Å². The molecule has 1 N–H and O–H groups in total. The summed E-state index contributed by atoms with van der Waals surface area (Å²) in [6.07, 6.45) is 13.2. The van der Waals surface area contributed by atoms with Crippen molar-refractivity contribution in [2.45, 2.75) is 70.8 Å². The predicted molar refractivity (Wildman–Crippen MR) is 109 cm³/mol. The summed E-state index contributed by atoms with van der Waals surface area (Å²) in [7, 11) is 1.25. The molecule has 1 fully saturated rings. The highest BCUT2D eigenvalue weighted by Crippen LogP contribution is 2.33. The molecule has 0 bridgehead atoms. The number of unbranched alkanes of at least 4 members (excludes halogenated alkanes) is 1. The third-order valence-electron chi connectivity index (χ3n) is 5.44. The zero-order chi connectivity index (χ0) is 20.9. The Kier molecular flexibility index (Phi) is 11.7. The van der Waals surface area contributed by atoms with Gasteiger partial charge in [0.1, 0.15) is 5.78 Å². The zero-order valence-electron chi connectivity index (χ0n) is 17.2. The Bertz CT molecular complexity index is 567. The molecule has 0 amide bonds. The number of carbonyl (C=O) groups excluding carboxylic acids is 2. The summed E-state index contributed by atoms with van der Waals surface area (Å²) in [5, 5.41) is 9.54. The summed E-state index contributed by atoms with van der Waals surface area (Å²) < 4.78 is 18.0. The summed E-state index contributed by atoms with van der Waals surface area (Å²) in [4.78, 5) is 23.3. The maximum atomic E-state index is 13.6. The Hall–Kier alpha value is -1.75. The van der Waals surface area contributed by atoms with Crippen molar-refractivity contribution in [3.63, 3.8) is 0 Å². The number of esters is 1. The molecule has 1 aliphatic carbocycles. The molecule has 0 aliphatic heterocycles. The van der Waals surface area contributed by atoms with Crippen LogP contribution in [-0.2, 0) is 14.3 Å². The van der Waals surface area contributed by atoms with Gasteiger partial charge in [0.25, 0.3) is 0 Å². The minimum Gasteiger partial charge on any atom is -0.467 e. The van der Waals surface area contributed by atoms with E-state index in [9.17, 15) is 19.1 Å². The number of halogens is 1. The highest BCUT2D eigenvalue weighted by atomic mass is 19.1. The Morgan fingerprint density at radius 3 is 2.75 bits per heavy atom. The molecule has 0 aromatic heterocycles. The van der Waals surface area contributed by atoms with Crippen molar-refractivity contribution in [2.24, 2.45) is 17.8 Å². The van der Waals surface area contributed by atoms with E-state index in [0.29, 0.717) is 32.1 Å². The summed E-state index contributed by atoms with van der Waals surface area (Å²) in [5.74, 6) is -0.593. The van der Waals surface area contributed by atoms with Crippen molar-refractivity contribution in [2.75, 3.05) is 7.11 Å². The number of hydrogen-bond acceptors (Lipinski definition) is 4. The number of Topliss-reactive ketones (excluding diaryl/α,β-unsaturated/α-hetero) is 1. The van der Waals surface area contributed by atoms with Gasteiger partial charge >= 0.3 is 5.97 Å². The van der Waals surface area contributed by atoms with Gasteiger partial charge in [0.15, 0.2) is 6.10 Å². The Morgan fingerprint density at radius 1 is 1.36 bits per heavy atom. The van der Waals surface area contributed by atoms with Gasteiger partial charge in [0, 0.05) is 18.3 Å². The van der Waals surface area contributed by atoms with Crippen LogP contribution in [0.2, 0.25) is 0 Å². The molecule has 5 heteroatoms. The largest absolute Gasteiger partial charge is 0.467 e. The molecular formula is C23H35FO4. The van der Waals surface area contributed by atoms with Crippen molar-refractivity contribution < 1.29 is 23.8 Å². The zero-order valence-corrected chi connectivity index (χ0v) is 17.2. The predicted octanol–water partition coefficient (Wildman–Crippen LogP) is 5.08. The first-order valence-corrected chi connectivity index (χ1v) is 10.3. The van der Waals surface area contributed by atoms with Gasteiger partial charge < -0.3 is 9.84 Å². The first-order chi connectivity index (χ1) is 13.4. The summed E-state index contributed by atoms with van der Waals surface area (Å²) in [5.41, 5.74) is 0. The Balaban J connectivity index is 2.48. The summed E-state index contributed by atoms with van der Waals surface area (Å²) in [6, 6.07) is 0. The molecule has 0 radical (unpaired) electrons. The summed E-state index contributed by atoms with van der Waals surface area (Å²) >= 11 is 0. The number of ketones is 1. The van der Waals surface area contributed by atoms with Crippen LogP contribution in [0.5, 0.6) is 0 Å². The Morgan fingerprint density at radius 2 is 2.11 bits per heavy atom. The lowest BCUT2D eigenvalue weighted by Gasteiger charge is -2.14. The molecule has 0 heterocycles. The molecular weight excluding hydrogens is 359 g/mol. The molecule has 0 spiro atoms. The van der Waals surface area contributed by atoms with Crippen molar-refractivity contribution in [3.8, 4) is 0 Å². The average molecular weight is 395 g/mol. The van der Waals surface area contributed by atoms with Crippen molar-refractivity contribution in [1.29, 1.82) is 0 Å². The molecule has 4 nitrogen and oxygen atoms in total. The second-order valence-corrected chi connectivity index (χ2v) is 7.55. The maximum Gasteiger partial charge on any atom is 0.334 e. The van der Waals surface area contributed by atoms with Crippen molar-refractivity contribution in [3.05, 3.63) is 36.7 Å². The van der Waals surface area contributed by atoms with Gasteiger partial charge in [-0.2, -0.15) is 0 Å². The van der Waals surface area contributed by atoms with Crippen molar-refractivity contribution in [1.82, 2.24) is 0 Å². The first-order valence-electron chi connectivity index (χ1n) is 10.3. The van der Waals surface area contributed by atoms with Gasteiger partial charge in [-0.3, -0.25) is 4.79 Å². The monoisotopic (exact) mass is 394 g/mol. The van der Waals surface area contributed by atoms with Gasteiger partial charge in [-0.25, -0.2) is 9.18 Å². The van der Waals surface area contributed by atoms with E-state index in [1.807, 2.05) is 18.2 Å². The Labute approximate surface area is 168 Å². The fourth-order valence-corrected chi connectivity index (χ4v) is 3.61. The number of carbonyl (C=O) groups is 2. The number of allylic oxidation sites excluding steroid dienone is 5. The lowest BCUT2D eigenvalue weighted by atomic mass is 9.90. The quantitative estimate of drug-likeness (QED) is 0.350. The van der Waals surface area contributed by atoms with Gasteiger partial charge in [0.05, 0.1) is 12.9 Å². The van der Waals surface area contributed by atoms with Crippen LogP contribution >= 0.6 is 0 Å². The van der Waals surface area contributed by atoms with Gasteiger partial charge in [0.2, 0.25) is 0 Å². The molecule has 1 saturated carbocycles. The lowest BCUT2D eigenvalue weighted by molar-refractivity contribution is -0.150. The van der Waals surface area contributed by atoms with Crippen molar-refractivity contribution >= 4 is 11.8 Å². The number of ether oxygens (including phenoxy) is 1. The molecule has 0 aromatic carbocycles. The molecule has 1 aliphatic rings. The van der Waals surface area contributed by atoms with Gasteiger partial charge in [-0.05, 0) is 44.4 Å². The lowest BCUT2D eigenvalue weighted by Crippen LogP contribution is -2.21. The number of methoxy groups -OCH3 is 1. The van der Waals surface area contributed by atoms with Crippen LogP contribution in [0, 0.1) is 17.8 Å². The number of aliphatic hydroxyl groups excluding tert-OH is 1. The van der Waals surface area contributed by atoms with Crippen LogP contribution in [-0.4, -0.2) is 30.1 Å². The minimum atomic E-state index is -1.11. The third-order valence-corrected chi connectivity index (χ3v) is 5.44. The molecule has 0 saturated heterocycles. The summed E-state index contributed by atoms with van der Waals surface area (Å²) in [6.45, 7) is 5.55. The van der Waals surface area contributed by atoms with Crippen LogP contribution in [0.1, 0.15) is 64.7 Å². The minimum absolute atomic E-state index is 0.0410. The molecule has 1 rings (SSSR count). The fraction of sp³-hybridized carbons (Fsp3) is 0.652. The van der Waals surface area contributed by atoms with E-state index in [-0.39, 0.29) is 29.4 Å². The number of rotatable bonds is 13. The highest BCUT2D eigenvalue weighted by molar-refractivity contribution is 5.83. The SMILES string of the molecule is C=C(F)[C@H](CC=C[C@H]1CCC(=O)[C@@H]1CC=CCCC(O)C(=O)OC)CCCC. The van der Waals surface area contributed by atoms with Crippen LogP contribution in [0.15, 0.2) is 36.7 Å². The molecule has 0 aromatic rings. The topological polar surface area (TPSA) is 63.6 Å². The van der Waals surface area contributed by atoms with E-state index >= 15 is 0 Å². The van der Waals surface area contributed by atoms with Crippen LogP contribution in [0.4, 0.5) is 4.39 Å². The number of aliphatic hydroxyl groups is 1. The van der Waals surface area contributed by atoms with Crippen LogP contribution < -0.4 is 0 Å². The van der Waals surface area contributed by atoms with Gasteiger partial charge in [-0.15, -0.1) is 0 Å². The van der Waals surface area contributed by atoms with Gasteiger partial charge in [-0.1, -0.05) is 50.6 Å².